The number of hydrogen-bond acceptors (Lipinski definition) is 4. The molecule has 0 aromatic rings. The minimum Gasteiger partial charge on any atom is -0.391 e. The third-order valence-electron chi connectivity index (χ3n) is 2.29. The Bertz CT molecular complexity index is 280. The van der Waals surface area contributed by atoms with Crippen molar-refractivity contribution in [1.82, 2.24) is 0 Å². The summed E-state index contributed by atoms with van der Waals surface area (Å²) in [7, 11) is 1.78. The molecule has 0 amide bonds. The maximum Gasteiger partial charge on any atom is 0.0783 e. The molecule has 92 valence electrons. The third kappa shape index (κ3) is 5.78. The summed E-state index contributed by atoms with van der Waals surface area (Å²) < 4.78 is 0. The van der Waals surface area contributed by atoms with Crippen molar-refractivity contribution >= 4 is 11.9 Å². The number of aliphatic imine (C=N–C) groups is 2. The van der Waals surface area contributed by atoms with Gasteiger partial charge in [-0.3, -0.25) is 9.98 Å². The van der Waals surface area contributed by atoms with Crippen LogP contribution in [-0.2, 0) is 0 Å². The normalized spacial score (nSPS) is 17.9. The molecule has 16 heavy (non-hydrogen) atoms. The Morgan fingerprint density at radius 1 is 1.44 bits per heavy atom. The predicted molar refractivity (Wildman–Crippen MR) is 70.1 cm³/mol. The van der Waals surface area contributed by atoms with E-state index in [1.807, 2.05) is 13.8 Å². The van der Waals surface area contributed by atoms with E-state index in [1.165, 1.54) is 6.21 Å². The summed E-state index contributed by atoms with van der Waals surface area (Å²) in [5, 5.41) is 8.58. The number of aliphatic hydroxyl groups is 1. The number of rotatable bonds is 6. The van der Waals surface area contributed by atoms with Crippen molar-refractivity contribution in [1.29, 1.82) is 0 Å². The Kier molecular flexibility index (Phi) is 7.68. The predicted octanol–water partition coefficient (Wildman–Crippen LogP) is 1.40. The first kappa shape index (κ1) is 15.0. The molecule has 0 heterocycles. The van der Waals surface area contributed by atoms with Gasteiger partial charge in [0.2, 0.25) is 0 Å². The molecular weight excluding hydrogens is 202 g/mol. The van der Waals surface area contributed by atoms with Crippen molar-refractivity contribution in [2.45, 2.75) is 33.2 Å². The van der Waals surface area contributed by atoms with E-state index in [2.05, 4.69) is 16.9 Å². The summed E-state index contributed by atoms with van der Waals surface area (Å²) in [5.74, 6) is 0.325. The van der Waals surface area contributed by atoms with Crippen LogP contribution in [0.5, 0.6) is 0 Å². The van der Waals surface area contributed by atoms with Crippen LogP contribution in [0.15, 0.2) is 21.8 Å². The smallest absolute Gasteiger partial charge is 0.0783 e. The summed E-state index contributed by atoms with van der Waals surface area (Å²) in [6.45, 7) is 6.03. The Balaban J connectivity index is 4.61. The van der Waals surface area contributed by atoms with E-state index in [0.717, 1.165) is 17.7 Å². The number of aliphatic hydroxyl groups excluding tert-OH is 1. The van der Waals surface area contributed by atoms with Gasteiger partial charge in [-0.15, -0.1) is 0 Å². The molecular formula is C12H23N3O. The third-order valence-corrected chi connectivity index (χ3v) is 2.29. The molecule has 0 aliphatic carbocycles. The van der Waals surface area contributed by atoms with E-state index < -0.39 is 0 Å². The lowest BCUT2D eigenvalue weighted by Gasteiger charge is -2.16. The lowest BCUT2D eigenvalue weighted by Crippen LogP contribution is -2.23. The van der Waals surface area contributed by atoms with Crippen LogP contribution in [0.2, 0.25) is 0 Å². The highest BCUT2D eigenvalue weighted by Crippen LogP contribution is 2.13. The first-order chi connectivity index (χ1) is 7.52. The zero-order chi connectivity index (χ0) is 12.6. The van der Waals surface area contributed by atoms with E-state index >= 15 is 0 Å². The second-order valence-corrected chi connectivity index (χ2v) is 4.05. The highest BCUT2D eigenvalue weighted by Gasteiger charge is 2.13. The van der Waals surface area contributed by atoms with Crippen LogP contribution >= 0.6 is 0 Å². The van der Waals surface area contributed by atoms with Gasteiger partial charge in [0.15, 0.2) is 0 Å². The van der Waals surface area contributed by atoms with E-state index in [9.17, 15) is 0 Å². The molecule has 4 nitrogen and oxygen atoms in total. The second kappa shape index (κ2) is 8.19. The molecule has 0 bridgehead atoms. The van der Waals surface area contributed by atoms with Crippen LogP contribution in [0, 0.1) is 5.92 Å². The molecule has 2 unspecified atom stereocenters. The van der Waals surface area contributed by atoms with Gasteiger partial charge in [0, 0.05) is 31.2 Å². The summed E-state index contributed by atoms with van der Waals surface area (Å²) in [6, 6.07) is 0.167. The molecule has 3 N–H and O–H groups in total. The molecule has 0 aliphatic heterocycles. The van der Waals surface area contributed by atoms with E-state index in [-0.39, 0.29) is 12.6 Å². The summed E-state index contributed by atoms with van der Waals surface area (Å²) in [6.07, 6.45) is 4.07. The fourth-order valence-electron chi connectivity index (χ4n) is 1.73. The van der Waals surface area contributed by atoms with Crippen LogP contribution < -0.4 is 5.73 Å². The molecule has 0 rings (SSSR count). The quantitative estimate of drug-likeness (QED) is 0.671. The second-order valence-electron chi connectivity index (χ2n) is 4.05. The summed E-state index contributed by atoms with van der Waals surface area (Å²) >= 11 is 0. The first-order valence-corrected chi connectivity index (χ1v) is 5.54. The van der Waals surface area contributed by atoms with Gasteiger partial charge in [-0.1, -0.05) is 6.92 Å². The fourth-order valence-corrected chi connectivity index (χ4v) is 1.73. The van der Waals surface area contributed by atoms with E-state index in [1.54, 1.807) is 13.2 Å². The topological polar surface area (TPSA) is 71.0 Å². The van der Waals surface area contributed by atoms with Crippen molar-refractivity contribution in [2.24, 2.45) is 21.6 Å². The molecule has 0 aliphatic rings. The molecule has 4 heteroatoms. The first-order valence-electron chi connectivity index (χ1n) is 5.54. The van der Waals surface area contributed by atoms with Gasteiger partial charge in [0.1, 0.15) is 0 Å². The van der Waals surface area contributed by atoms with Gasteiger partial charge in [-0.05, 0) is 31.8 Å². The van der Waals surface area contributed by atoms with Crippen molar-refractivity contribution in [3.63, 3.8) is 0 Å². The number of hydrogen-bond donors (Lipinski definition) is 2. The largest absolute Gasteiger partial charge is 0.391 e. The number of allylic oxidation sites excluding steroid dienone is 1. The van der Waals surface area contributed by atoms with Gasteiger partial charge in [0.25, 0.3) is 0 Å². The van der Waals surface area contributed by atoms with Gasteiger partial charge < -0.3 is 10.8 Å². The van der Waals surface area contributed by atoms with Gasteiger partial charge in [-0.25, -0.2) is 0 Å². The minimum absolute atomic E-state index is 0.0439. The maximum atomic E-state index is 8.58. The molecule has 0 radical (unpaired) electrons. The molecule has 0 fully saturated rings. The molecule has 0 aromatic heterocycles. The Labute approximate surface area is 98.0 Å². The van der Waals surface area contributed by atoms with E-state index in [0.29, 0.717) is 5.92 Å². The highest BCUT2D eigenvalue weighted by atomic mass is 16.2. The molecule has 0 saturated heterocycles. The summed E-state index contributed by atoms with van der Waals surface area (Å²) in [5.41, 5.74) is 7.81. The molecule has 0 aromatic carbocycles. The average molecular weight is 225 g/mol. The minimum atomic E-state index is -0.0439. The average Bonchev–Trinajstić information content (AvgIpc) is 2.18. The molecule has 2 atom stereocenters. The summed E-state index contributed by atoms with van der Waals surface area (Å²) in [4.78, 5) is 8.25. The SMILES string of the molecule is CN=C(/C(C)=C/N=CCO)C(C)CC(C)N. The monoisotopic (exact) mass is 225 g/mol. The van der Waals surface area contributed by atoms with Crippen molar-refractivity contribution in [2.75, 3.05) is 13.7 Å². The van der Waals surface area contributed by atoms with Crippen LogP contribution in [-0.4, -0.2) is 36.7 Å². The zero-order valence-corrected chi connectivity index (χ0v) is 10.6. The molecule has 0 spiro atoms. The van der Waals surface area contributed by atoms with Gasteiger partial charge in [0.05, 0.1) is 6.61 Å². The van der Waals surface area contributed by atoms with Gasteiger partial charge >= 0.3 is 0 Å². The van der Waals surface area contributed by atoms with Gasteiger partial charge in [-0.2, -0.15) is 0 Å². The standard InChI is InChI=1S/C12H23N3O/c1-9(7-11(3)13)12(14-4)10(2)8-15-5-6-16/h5,8-9,11,16H,6-7,13H2,1-4H3/b10-8+,14-12?,15-5?. The Morgan fingerprint density at radius 3 is 2.50 bits per heavy atom. The van der Waals surface area contributed by atoms with Crippen LogP contribution in [0.1, 0.15) is 27.2 Å². The molecule has 0 saturated carbocycles. The van der Waals surface area contributed by atoms with E-state index in [4.69, 9.17) is 10.8 Å². The number of nitrogens with zero attached hydrogens (tertiary/aromatic N) is 2. The Hall–Kier alpha value is -1.00. The van der Waals surface area contributed by atoms with Crippen molar-refractivity contribution in [3.05, 3.63) is 11.8 Å². The number of nitrogens with two attached hydrogens (primary N) is 1. The van der Waals surface area contributed by atoms with Crippen LogP contribution in [0.25, 0.3) is 0 Å². The lowest BCUT2D eigenvalue weighted by molar-refractivity contribution is 0.361. The van der Waals surface area contributed by atoms with Crippen molar-refractivity contribution in [3.8, 4) is 0 Å². The maximum absolute atomic E-state index is 8.58. The fraction of sp³-hybridized carbons (Fsp3) is 0.667. The lowest BCUT2D eigenvalue weighted by atomic mass is 9.94. The highest BCUT2D eigenvalue weighted by molar-refractivity contribution is 6.01. The Morgan fingerprint density at radius 2 is 2.06 bits per heavy atom. The van der Waals surface area contributed by atoms with Crippen LogP contribution in [0.4, 0.5) is 0 Å². The van der Waals surface area contributed by atoms with Crippen LogP contribution in [0.3, 0.4) is 0 Å². The van der Waals surface area contributed by atoms with Crippen molar-refractivity contribution < 1.29 is 5.11 Å². The zero-order valence-electron chi connectivity index (χ0n) is 10.6.